The van der Waals surface area contributed by atoms with Crippen molar-refractivity contribution >= 4 is 58.7 Å². The normalized spacial score (nSPS) is 14.1. The van der Waals surface area contributed by atoms with Crippen LogP contribution in [0, 0.1) is 16.0 Å². The lowest BCUT2D eigenvalue weighted by atomic mass is 9.93. The van der Waals surface area contributed by atoms with Crippen LogP contribution in [0.2, 0.25) is 5.02 Å². The summed E-state index contributed by atoms with van der Waals surface area (Å²) in [6.45, 7) is 2.57. The Balaban J connectivity index is 0.00000204. The molecule has 34 heavy (non-hydrogen) atoms. The van der Waals surface area contributed by atoms with Crippen molar-refractivity contribution < 1.29 is 15.0 Å². The van der Waals surface area contributed by atoms with Crippen molar-refractivity contribution in [1.29, 1.82) is 0 Å². The zero-order valence-electron chi connectivity index (χ0n) is 18.4. The number of fused-ring (bicyclic) bond motifs is 1. The number of likely N-dealkylation sites (tertiary alicyclic amines) is 1. The van der Waals surface area contributed by atoms with Gasteiger partial charge in [0.2, 0.25) is 0 Å². The van der Waals surface area contributed by atoms with E-state index in [-0.39, 0.29) is 37.2 Å². The Kier molecular flexibility index (Phi) is 10.4. The van der Waals surface area contributed by atoms with Crippen LogP contribution in [-0.2, 0) is 11.4 Å². The van der Waals surface area contributed by atoms with Crippen molar-refractivity contribution in [2.45, 2.75) is 25.8 Å². The average molecular weight is 530 g/mol. The smallest absolute Gasteiger partial charge is 0.294 e. The number of nitrogens with one attached hydrogen (secondary N) is 1. The zero-order chi connectivity index (χ0) is 22.5. The summed E-state index contributed by atoms with van der Waals surface area (Å²) in [6.07, 6.45) is 4.37. The molecule has 2 N–H and O–H groups in total. The fourth-order valence-corrected chi connectivity index (χ4v) is 4.31. The summed E-state index contributed by atoms with van der Waals surface area (Å²) in [7, 11) is 0. The van der Waals surface area contributed by atoms with Gasteiger partial charge in [0.05, 0.1) is 12.1 Å². The molecule has 1 aliphatic heterocycles. The Morgan fingerprint density at radius 2 is 1.94 bits per heavy atom. The van der Waals surface area contributed by atoms with Gasteiger partial charge in [-0.05, 0) is 80.7 Å². The van der Waals surface area contributed by atoms with Crippen LogP contribution in [0.1, 0.15) is 24.8 Å². The second kappa shape index (κ2) is 12.8. The first-order valence-electron chi connectivity index (χ1n) is 10.6. The molecule has 0 amide bonds. The number of aromatic nitrogens is 1. The molecule has 184 valence electrons. The first-order valence-corrected chi connectivity index (χ1v) is 11.0. The number of nitrogens with zero attached hydrogens (tertiary/aromatic N) is 3. The van der Waals surface area contributed by atoms with E-state index < -0.39 is 5.09 Å². The molecule has 4 rings (SSSR count). The maximum absolute atomic E-state index is 10.4. The van der Waals surface area contributed by atoms with E-state index in [1.807, 2.05) is 36.4 Å². The third-order valence-electron chi connectivity index (χ3n) is 5.89. The van der Waals surface area contributed by atoms with Crippen LogP contribution in [0.25, 0.3) is 10.9 Å². The molecule has 1 fully saturated rings. The molecule has 0 bridgehead atoms. The number of phenols is 1. The van der Waals surface area contributed by atoms with E-state index in [2.05, 4.69) is 20.0 Å². The van der Waals surface area contributed by atoms with E-state index in [9.17, 15) is 15.2 Å². The molecule has 1 saturated heterocycles. The van der Waals surface area contributed by atoms with Crippen LogP contribution in [0.3, 0.4) is 0 Å². The standard InChI is InChI=1S/C23H25ClN4O4.2ClH/c24-18-1-3-20-21(5-9-25-22(20)14-18)26-19-2-4-23(29)17(13-19)15-27-10-6-16(7-11-27)8-12-32-28(30)31;;/h1-5,9,13-14,16,29H,6-8,10-12,15H2,(H,25,26);2*1H. The number of phenolic OH excluding ortho intramolecular Hbond substituents is 1. The van der Waals surface area contributed by atoms with E-state index in [1.54, 1.807) is 12.3 Å². The lowest BCUT2D eigenvalue weighted by Crippen LogP contribution is -2.33. The monoisotopic (exact) mass is 528 g/mol. The summed E-state index contributed by atoms with van der Waals surface area (Å²) in [6, 6.07) is 13.0. The van der Waals surface area contributed by atoms with Gasteiger partial charge in [-0.1, -0.05) is 11.6 Å². The third kappa shape index (κ3) is 7.24. The number of hydrogen-bond donors (Lipinski definition) is 2. The fourth-order valence-electron chi connectivity index (χ4n) is 4.14. The van der Waals surface area contributed by atoms with Crippen molar-refractivity contribution in [3.8, 4) is 5.75 Å². The summed E-state index contributed by atoms with van der Waals surface area (Å²) >= 11 is 6.08. The molecule has 2 heterocycles. The first kappa shape index (κ1) is 27.7. The van der Waals surface area contributed by atoms with Crippen molar-refractivity contribution in [2.75, 3.05) is 25.0 Å². The van der Waals surface area contributed by atoms with Crippen LogP contribution in [0.15, 0.2) is 48.7 Å². The van der Waals surface area contributed by atoms with Gasteiger partial charge in [-0.25, -0.2) is 0 Å². The molecule has 0 spiro atoms. The Morgan fingerprint density at radius 1 is 1.18 bits per heavy atom. The second-order valence-corrected chi connectivity index (χ2v) is 8.49. The molecule has 11 heteroatoms. The molecule has 3 aromatic rings. The maximum atomic E-state index is 10.4. The zero-order valence-corrected chi connectivity index (χ0v) is 20.7. The molecule has 8 nitrogen and oxygen atoms in total. The van der Waals surface area contributed by atoms with E-state index >= 15 is 0 Å². The minimum absolute atomic E-state index is 0. The highest BCUT2D eigenvalue weighted by atomic mass is 35.5. The number of anilines is 2. The Labute approximate surface area is 215 Å². The minimum atomic E-state index is -0.733. The molecule has 0 unspecified atom stereocenters. The topological polar surface area (TPSA) is 101 Å². The van der Waals surface area contributed by atoms with Crippen LogP contribution >= 0.6 is 36.4 Å². The summed E-state index contributed by atoms with van der Waals surface area (Å²) in [5.74, 6) is 0.699. The number of aromatic hydroxyl groups is 1. The van der Waals surface area contributed by atoms with Crippen molar-refractivity contribution in [3.05, 3.63) is 69.4 Å². The second-order valence-electron chi connectivity index (χ2n) is 8.05. The molecule has 1 aliphatic rings. The lowest BCUT2D eigenvalue weighted by Gasteiger charge is -2.32. The Bertz CT molecular complexity index is 1110. The molecule has 0 atom stereocenters. The van der Waals surface area contributed by atoms with Gasteiger partial charge in [0.1, 0.15) is 5.75 Å². The van der Waals surface area contributed by atoms with Crippen molar-refractivity contribution in [1.82, 2.24) is 9.88 Å². The largest absolute Gasteiger partial charge is 0.508 e. The van der Waals surface area contributed by atoms with E-state index in [0.29, 0.717) is 23.9 Å². The van der Waals surface area contributed by atoms with Crippen molar-refractivity contribution in [3.63, 3.8) is 0 Å². The Hall–Kier alpha value is -2.52. The van der Waals surface area contributed by atoms with Crippen LogP contribution in [0.5, 0.6) is 5.75 Å². The molecule has 0 aliphatic carbocycles. The van der Waals surface area contributed by atoms with Gasteiger partial charge >= 0.3 is 0 Å². The van der Waals surface area contributed by atoms with Crippen LogP contribution in [0.4, 0.5) is 11.4 Å². The number of pyridine rings is 1. The quantitative estimate of drug-likeness (QED) is 0.210. The van der Waals surface area contributed by atoms with E-state index in [1.165, 1.54) is 0 Å². The molecular weight excluding hydrogens is 503 g/mol. The average Bonchev–Trinajstić information content (AvgIpc) is 2.77. The maximum Gasteiger partial charge on any atom is 0.294 e. The first-order chi connectivity index (χ1) is 15.5. The van der Waals surface area contributed by atoms with Gasteiger partial charge in [0, 0.05) is 40.1 Å². The molecule has 2 aromatic carbocycles. The molecular formula is C23H27Cl3N4O4. The summed E-state index contributed by atoms with van der Waals surface area (Å²) in [4.78, 5) is 21.4. The number of hydrogen-bond acceptors (Lipinski definition) is 7. The fraction of sp³-hybridized carbons (Fsp3) is 0.348. The lowest BCUT2D eigenvalue weighted by molar-refractivity contribution is -0.758. The summed E-state index contributed by atoms with van der Waals surface area (Å²) < 4.78 is 0. The number of rotatable bonds is 8. The highest BCUT2D eigenvalue weighted by molar-refractivity contribution is 6.31. The highest BCUT2D eigenvalue weighted by Crippen LogP contribution is 2.30. The van der Waals surface area contributed by atoms with Crippen LogP contribution < -0.4 is 5.32 Å². The van der Waals surface area contributed by atoms with Crippen LogP contribution in [-0.4, -0.2) is 39.8 Å². The SMILES string of the molecule is Cl.Cl.O=[N+]([O-])OCCC1CCN(Cc2cc(Nc3ccnc4cc(Cl)ccc34)ccc2O)CC1. The Morgan fingerprint density at radius 3 is 2.68 bits per heavy atom. The predicted molar refractivity (Wildman–Crippen MR) is 138 cm³/mol. The van der Waals surface area contributed by atoms with Gasteiger partial charge in [-0.2, -0.15) is 0 Å². The van der Waals surface area contributed by atoms with Gasteiger partial charge < -0.3 is 15.3 Å². The number of piperidine rings is 1. The molecule has 1 aromatic heterocycles. The van der Waals surface area contributed by atoms with E-state index in [4.69, 9.17) is 11.6 Å². The predicted octanol–water partition coefficient (Wildman–Crippen LogP) is 5.99. The van der Waals surface area contributed by atoms with Gasteiger partial charge in [-0.15, -0.1) is 34.9 Å². The third-order valence-corrected chi connectivity index (χ3v) is 6.12. The number of benzene rings is 2. The molecule has 0 saturated carbocycles. The number of halogens is 3. The van der Waals surface area contributed by atoms with Gasteiger partial charge in [-0.3, -0.25) is 9.88 Å². The summed E-state index contributed by atoms with van der Waals surface area (Å²) in [5.41, 5.74) is 3.47. The van der Waals surface area contributed by atoms with Gasteiger partial charge in [0.25, 0.3) is 5.09 Å². The van der Waals surface area contributed by atoms with Crippen molar-refractivity contribution in [2.24, 2.45) is 5.92 Å². The molecule has 0 radical (unpaired) electrons. The highest BCUT2D eigenvalue weighted by Gasteiger charge is 2.20. The van der Waals surface area contributed by atoms with Gasteiger partial charge in [0.15, 0.2) is 0 Å². The summed E-state index contributed by atoms with van der Waals surface area (Å²) in [5, 5.41) is 25.0. The minimum Gasteiger partial charge on any atom is -0.508 e. The van der Waals surface area contributed by atoms with E-state index in [0.717, 1.165) is 53.8 Å².